The Morgan fingerprint density at radius 3 is 2.80 bits per heavy atom. The summed E-state index contributed by atoms with van der Waals surface area (Å²) in [5, 5.41) is 6.96. The fraction of sp³-hybridized carbons (Fsp3) is 0.176. The molecule has 20 heavy (non-hydrogen) atoms. The van der Waals surface area contributed by atoms with Crippen LogP contribution < -0.4 is 5.32 Å². The molecule has 0 spiro atoms. The first-order valence-electron chi connectivity index (χ1n) is 6.66. The fourth-order valence-corrected chi connectivity index (χ4v) is 3.97. The van der Waals surface area contributed by atoms with Gasteiger partial charge in [0.2, 0.25) is 0 Å². The van der Waals surface area contributed by atoms with Crippen molar-refractivity contribution in [3.05, 3.63) is 69.5 Å². The Kier molecular flexibility index (Phi) is 4.20. The monoisotopic (exact) mass is 345 g/mol. The molecule has 1 heterocycles. The van der Waals surface area contributed by atoms with Gasteiger partial charge in [-0.1, -0.05) is 46.3 Å². The van der Waals surface area contributed by atoms with E-state index in [2.05, 4.69) is 75.2 Å². The van der Waals surface area contributed by atoms with Crippen LogP contribution in [0.1, 0.15) is 17.2 Å². The van der Waals surface area contributed by atoms with Gasteiger partial charge in [-0.3, -0.25) is 0 Å². The van der Waals surface area contributed by atoms with Crippen LogP contribution in [-0.4, -0.2) is 7.05 Å². The molecule has 1 atom stereocenters. The molecule has 0 aliphatic rings. The standard InChI is InChI=1S/C17H16BrNS/c1-19-16(11-12-4-2-6-14(18)10-12)15-7-3-5-13-8-9-20-17(13)15/h2-10,16,19H,11H2,1H3. The van der Waals surface area contributed by atoms with Gasteiger partial charge in [-0.25, -0.2) is 0 Å². The van der Waals surface area contributed by atoms with E-state index in [1.807, 2.05) is 18.4 Å². The van der Waals surface area contributed by atoms with Crippen molar-refractivity contribution in [2.75, 3.05) is 7.05 Å². The lowest BCUT2D eigenvalue weighted by Crippen LogP contribution is -2.18. The highest BCUT2D eigenvalue weighted by molar-refractivity contribution is 9.10. The minimum absolute atomic E-state index is 0.339. The number of hydrogen-bond donors (Lipinski definition) is 1. The Balaban J connectivity index is 1.95. The summed E-state index contributed by atoms with van der Waals surface area (Å²) in [5.41, 5.74) is 2.73. The highest BCUT2D eigenvalue weighted by Gasteiger charge is 2.14. The van der Waals surface area contributed by atoms with E-state index >= 15 is 0 Å². The molecule has 0 bridgehead atoms. The Bertz CT molecular complexity index is 720. The number of hydrogen-bond acceptors (Lipinski definition) is 2. The maximum Gasteiger partial charge on any atom is 0.0390 e. The molecule has 3 heteroatoms. The number of nitrogens with one attached hydrogen (secondary N) is 1. The van der Waals surface area contributed by atoms with Crippen molar-refractivity contribution in [1.29, 1.82) is 0 Å². The van der Waals surface area contributed by atoms with Gasteiger partial charge in [0.05, 0.1) is 0 Å². The molecule has 3 aromatic rings. The van der Waals surface area contributed by atoms with Crippen molar-refractivity contribution in [2.24, 2.45) is 0 Å². The van der Waals surface area contributed by atoms with E-state index < -0.39 is 0 Å². The number of rotatable bonds is 4. The van der Waals surface area contributed by atoms with Gasteiger partial charge in [0.25, 0.3) is 0 Å². The van der Waals surface area contributed by atoms with E-state index in [-0.39, 0.29) is 0 Å². The van der Waals surface area contributed by atoms with Crippen LogP contribution in [0.25, 0.3) is 10.1 Å². The maximum absolute atomic E-state index is 3.55. The van der Waals surface area contributed by atoms with E-state index in [0.717, 1.165) is 10.9 Å². The summed E-state index contributed by atoms with van der Waals surface area (Å²) in [5.74, 6) is 0. The van der Waals surface area contributed by atoms with Gasteiger partial charge in [0, 0.05) is 15.2 Å². The van der Waals surface area contributed by atoms with E-state index in [0.29, 0.717) is 6.04 Å². The lowest BCUT2D eigenvalue weighted by atomic mass is 9.98. The molecule has 3 rings (SSSR count). The number of halogens is 1. The largest absolute Gasteiger partial charge is 0.313 e. The number of likely N-dealkylation sites (N-methyl/N-ethyl adjacent to an activating group) is 1. The number of thiophene rings is 1. The van der Waals surface area contributed by atoms with Gasteiger partial charge in [0.15, 0.2) is 0 Å². The third-order valence-corrected chi connectivity index (χ3v) is 5.03. The summed E-state index contributed by atoms with van der Waals surface area (Å²) in [7, 11) is 2.04. The molecule has 0 aliphatic heterocycles. The van der Waals surface area contributed by atoms with Gasteiger partial charge in [0.1, 0.15) is 0 Å². The van der Waals surface area contributed by atoms with Crippen molar-refractivity contribution < 1.29 is 0 Å². The topological polar surface area (TPSA) is 12.0 Å². The normalized spacial score (nSPS) is 12.7. The average Bonchev–Trinajstić information content (AvgIpc) is 2.93. The molecular formula is C17H16BrNS. The highest BCUT2D eigenvalue weighted by atomic mass is 79.9. The van der Waals surface area contributed by atoms with Crippen molar-refractivity contribution in [1.82, 2.24) is 5.32 Å². The fourth-order valence-electron chi connectivity index (χ4n) is 2.56. The van der Waals surface area contributed by atoms with Gasteiger partial charge in [-0.15, -0.1) is 11.3 Å². The molecule has 102 valence electrons. The first kappa shape index (κ1) is 13.8. The second-order valence-corrected chi connectivity index (χ2v) is 6.69. The molecule has 1 aromatic heterocycles. The van der Waals surface area contributed by atoms with E-state index in [1.165, 1.54) is 21.2 Å². The minimum atomic E-state index is 0.339. The van der Waals surface area contributed by atoms with Crippen LogP contribution >= 0.6 is 27.3 Å². The molecule has 1 nitrogen and oxygen atoms in total. The molecule has 0 amide bonds. The second kappa shape index (κ2) is 6.08. The first-order chi connectivity index (χ1) is 9.78. The van der Waals surface area contributed by atoms with Gasteiger partial charge >= 0.3 is 0 Å². The smallest absolute Gasteiger partial charge is 0.0390 e. The molecule has 0 saturated carbocycles. The molecular weight excluding hydrogens is 330 g/mol. The van der Waals surface area contributed by atoms with E-state index in [4.69, 9.17) is 0 Å². The van der Waals surface area contributed by atoms with Crippen molar-refractivity contribution in [3.8, 4) is 0 Å². The van der Waals surface area contributed by atoms with Crippen LogP contribution in [-0.2, 0) is 6.42 Å². The van der Waals surface area contributed by atoms with Crippen LogP contribution in [0.4, 0.5) is 0 Å². The predicted octanol–water partition coefficient (Wildman–Crippen LogP) is 5.17. The summed E-state index contributed by atoms with van der Waals surface area (Å²) in [6, 6.07) is 17.6. The number of benzene rings is 2. The summed E-state index contributed by atoms with van der Waals surface area (Å²) in [6.07, 6.45) is 0.993. The van der Waals surface area contributed by atoms with E-state index in [9.17, 15) is 0 Å². The maximum atomic E-state index is 3.55. The Labute approximate surface area is 131 Å². The highest BCUT2D eigenvalue weighted by Crippen LogP contribution is 2.30. The minimum Gasteiger partial charge on any atom is -0.313 e. The van der Waals surface area contributed by atoms with Gasteiger partial charge in [-0.05, 0) is 53.6 Å². The van der Waals surface area contributed by atoms with Crippen LogP contribution in [0.5, 0.6) is 0 Å². The quantitative estimate of drug-likeness (QED) is 0.687. The zero-order chi connectivity index (χ0) is 13.9. The SMILES string of the molecule is CNC(Cc1cccc(Br)c1)c1cccc2ccsc12. The first-order valence-corrected chi connectivity index (χ1v) is 8.33. The molecule has 0 aliphatic carbocycles. The third-order valence-electron chi connectivity index (χ3n) is 3.56. The summed E-state index contributed by atoms with van der Waals surface area (Å²) < 4.78 is 2.53. The van der Waals surface area contributed by atoms with Crippen molar-refractivity contribution in [3.63, 3.8) is 0 Å². The summed E-state index contributed by atoms with van der Waals surface area (Å²) in [6.45, 7) is 0. The summed E-state index contributed by atoms with van der Waals surface area (Å²) >= 11 is 5.37. The average molecular weight is 346 g/mol. The molecule has 1 unspecified atom stereocenters. The van der Waals surface area contributed by atoms with Gasteiger partial charge < -0.3 is 5.32 Å². The lowest BCUT2D eigenvalue weighted by Gasteiger charge is -2.18. The number of fused-ring (bicyclic) bond motifs is 1. The lowest BCUT2D eigenvalue weighted by molar-refractivity contribution is 0.597. The van der Waals surface area contributed by atoms with Crippen molar-refractivity contribution >= 4 is 37.4 Å². The molecule has 1 N–H and O–H groups in total. The Hall–Kier alpha value is -1.16. The van der Waals surface area contributed by atoms with Crippen LogP contribution in [0.3, 0.4) is 0 Å². The Morgan fingerprint density at radius 1 is 1.15 bits per heavy atom. The Morgan fingerprint density at radius 2 is 2.00 bits per heavy atom. The van der Waals surface area contributed by atoms with Crippen LogP contribution in [0.15, 0.2) is 58.4 Å². The summed E-state index contributed by atoms with van der Waals surface area (Å²) in [4.78, 5) is 0. The molecule has 0 fully saturated rings. The molecule has 0 saturated heterocycles. The second-order valence-electron chi connectivity index (χ2n) is 4.86. The molecule has 2 aromatic carbocycles. The van der Waals surface area contributed by atoms with Crippen LogP contribution in [0, 0.1) is 0 Å². The van der Waals surface area contributed by atoms with E-state index in [1.54, 1.807) is 0 Å². The zero-order valence-electron chi connectivity index (χ0n) is 11.3. The van der Waals surface area contributed by atoms with Gasteiger partial charge in [-0.2, -0.15) is 0 Å². The predicted molar refractivity (Wildman–Crippen MR) is 91.5 cm³/mol. The van der Waals surface area contributed by atoms with Crippen molar-refractivity contribution in [2.45, 2.75) is 12.5 Å². The third kappa shape index (κ3) is 2.80. The zero-order valence-corrected chi connectivity index (χ0v) is 13.7. The molecule has 0 radical (unpaired) electrons. The van der Waals surface area contributed by atoms with Crippen LogP contribution in [0.2, 0.25) is 0 Å².